The second kappa shape index (κ2) is 22.5. The monoisotopic (exact) mass is 953 g/mol. The molecule has 14 heteroatoms. The van der Waals surface area contributed by atoms with Crippen molar-refractivity contribution >= 4 is 40.7 Å². The molecule has 4 fully saturated rings. The van der Waals surface area contributed by atoms with Crippen molar-refractivity contribution < 1.29 is 32.3 Å². The van der Waals surface area contributed by atoms with E-state index in [1.165, 1.54) is 21.9 Å². The molecule has 5 aromatic carbocycles. The van der Waals surface area contributed by atoms with Gasteiger partial charge in [0.1, 0.15) is 42.3 Å². The molecule has 4 aliphatic rings. The van der Waals surface area contributed by atoms with Crippen molar-refractivity contribution in [2.24, 2.45) is 0 Å². The molecule has 0 unspecified atom stereocenters. The zero-order chi connectivity index (χ0) is 48.6. The van der Waals surface area contributed by atoms with E-state index in [9.17, 15) is 23.6 Å². The van der Waals surface area contributed by atoms with Gasteiger partial charge < -0.3 is 25.3 Å². The molecular formula is C56H62F3N7O4. The lowest BCUT2D eigenvalue weighted by Crippen LogP contribution is -2.49. The molecule has 366 valence electrons. The molecule has 0 aliphatic carbocycles. The Morgan fingerprint density at radius 2 is 0.900 bits per heavy atom. The van der Waals surface area contributed by atoms with E-state index in [1.807, 2.05) is 84.9 Å². The van der Waals surface area contributed by atoms with Gasteiger partial charge in [-0.15, -0.1) is 0 Å². The van der Waals surface area contributed by atoms with Crippen LogP contribution in [-0.2, 0) is 32.3 Å². The SMILES string of the molecule is O=C(Nc1ccc(CN(Cc2ccc(NC(=O)[C@@H]3C[C@@H](F)CN3C(=O)[C@@H](c3ccccc3)N3CCCCC3)cc2)c2ccc(F)cc2)cc1)[C@@H]1C[C@@H](F)CN1C(=O)[C@@H](c1ccccc1)N1CCCCC1. The minimum atomic E-state index is -1.32. The van der Waals surface area contributed by atoms with Crippen LogP contribution in [0.5, 0.6) is 0 Å². The Morgan fingerprint density at radius 1 is 0.514 bits per heavy atom. The molecule has 0 bridgehead atoms. The normalized spacial score (nSPS) is 21.8. The number of carbonyl (C=O) groups excluding carboxylic acids is 4. The molecule has 4 aliphatic heterocycles. The first-order chi connectivity index (χ1) is 34.1. The van der Waals surface area contributed by atoms with Gasteiger partial charge in [-0.2, -0.15) is 0 Å². The number of piperidine rings is 2. The number of rotatable bonds is 15. The number of hydrogen-bond donors (Lipinski definition) is 2. The zero-order valence-corrected chi connectivity index (χ0v) is 39.5. The summed E-state index contributed by atoms with van der Waals surface area (Å²) in [6.07, 6.45) is 3.30. The number of hydrogen-bond acceptors (Lipinski definition) is 7. The lowest BCUT2D eigenvalue weighted by atomic mass is 10.00. The Balaban J connectivity index is 0.845. The van der Waals surface area contributed by atoms with E-state index in [4.69, 9.17) is 0 Å². The summed E-state index contributed by atoms with van der Waals surface area (Å²) in [5.41, 5.74) is 5.26. The lowest BCUT2D eigenvalue weighted by Gasteiger charge is -2.37. The number of nitrogens with zero attached hydrogens (tertiary/aromatic N) is 5. The molecular weight excluding hydrogens is 892 g/mol. The highest BCUT2D eigenvalue weighted by atomic mass is 19.1. The highest BCUT2D eigenvalue weighted by Crippen LogP contribution is 2.34. The molecule has 0 aromatic heterocycles. The van der Waals surface area contributed by atoms with Gasteiger partial charge in [0, 0.05) is 43.0 Å². The fraction of sp³-hybridized carbons (Fsp3) is 0.393. The first-order valence-electron chi connectivity index (χ1n) is 24.8. The Bertz CT molecular complexity index is 2390. The standard InChI is InChI=1S/C56H62F3N7O4/c57-43-21-27-48(28-22-43)64(35-39-17-23-46(24-18-39)60-53(67)49-33-44(58)37-65(49)55(69)51(41-13-5-1-6-14-41)62-29-9-3-10-30-62)36-40-19-25-47(26-20-40)61-54(68)50-34-45(59)38-66(50)56(70)52(42-15-7-2-8-16-42)63-31-11-4-12-32-63/h1-2,5-8,13-28,44-45,49-52H,3-4,9-12,29-38H2,(H,60,67)(H,61,68)/t44-,45-,49+,50+,51-,52-/m1/s1. The van der Waals surface area contributed by atoms with Gasteiger partial charge in [0.15, 0.2) is 0 Å². The first kappa shape index (κ1) is 48.5. The fourth-order valence-corrected chi connectivity index (χ4v) is 10.7. The van der Waals surface area contributed by atoms with Crippen LogP contribution in [-0.4, -0.2) is 107 Å². The number of anilines is 3. The summed E-state index contributed by atoms with van der Waals surface area (Å²) in [6.45, 7) is 3.60. The molecule has 5 aromatic rings. The van der Waals surface area contributed by atoms with Crippen molar-refractivity contribution in [2.45, 2.75) is 101 Å². The van der Waals surface area contributed by atoms with Crippen LogP contribution < -0.4 is 15.5 Å². The summed E-state index contributed by atoms with van der Waals surface area (Å²) in [5.74, 6) is -1.76. The zero-order valence-electron chi connectivity index (χ0n) is 39.5. The summed E-state index contributed by atoms with van der Waals surface area (Å²) in [5, 5.41) is 5.88. The molecule has 4 heterocycles. The Labute approximate surface area is 408 Å². The third-order valence-electron chi connectivity index (χ3n) is 14.3. The van der Waals surface area contributed by atoms with Gasteiger partial charge in [0.25, 0.3) is 0 Å². The van der Waals surface area contributed by atoms with Crippen molar-refractivity contribution in [1.29, 1.82) is 0 Å². The average molecular weight is 954 g/mol. The topological polar surface area (TPSA) is 109 Å². The average Bonchev–Trinajstić information content (AvgIpc) is 3.99. The van der Waals surface area contributed by atoms with Crippen molar-refractivity contribution in [2.75, 3.05) is 54.8 Å². The van der Waals surface area contributed by atoms with E-state index in [2.05, 4.69) is 25.3 Å². The molecule has 11 nitrogen and oxygen atoms in total. The van der Waals surface area contributed by atoms with Crippen LogP contribution in [0, 0.1) is 5.82 Å². The van der Waals surface area contributed by atoms with Crippen LogP contribution in [0.2, 0.25) is 0 Å². The molecule has 4 saturated heterocycles. The van der Waals surface area contributed by atoms with Crippen LogP contribution in [0.25, 0.3) is 0 Å². The van der Waals surface area contributed by atoms with Gasteiger partial charge in [-0.05, 0) is 123 Å². The molecule has 0 spiro atoms. The van der Waals surface area contributed by atoms with Crippen LogP contribution >= 0.6 is 0 Å². The third-order valence-corrected chi connectivity index (χ3v) is 14.3. The maximum absolute atomic E-state index is 15.1. The number of nitrogens with one attached hydrogen (secondary N) is 2. The number of carbonyl (C=O) groups is 4. The van der Waals surface area contributed by atoms with Crippen LogP contribution in [0.3, 0.4) is 0 Å². The second-order valence-electron chi connectivity index (χ2n) is 19.2. The van der Waals surface area contributed by atoms with Crippen LogP contribution in [0.1, 0.15) is 85.7 Å². The van der Waals surface area contributed by atoms with Crippen molar-refractivity contribution in [3.63, 3.8) is 0 Å². The van der Waals surface area contributed by atoms with E-state index >= 15 is 8.78 Å². The minimum Gasteiger partial charge on any atom is -0.363 e. The Morgan fingerprint density at radius 3 is 1.29 bits per heavy atom. The predicted octanol–water partition coefficient (Wildman–Crippen LogP) is 9.24. The van der Waals surface area contributed by atoms with Crippen LogP contribution in [0.15, 0.2) is 133 Å². The van der Waals surface area contributed by atoms with Gasteiger partial charge in [0.05, 0.1) is 13.1 Å². The third kappa shape index (κ3) is 11.6. The maximum atomic E-state index is 15.1. The van der Waals surface area contributed by atoms with E-state index < -0.39 is 48.3 Å². The van der Waals surface area contributed by atoms with Gasteiger partial charge in [0.2, 0.25) is 23.6 Å². The first-order valence-corrected chi connectivity index (χ1v) is 24.8. The highest BCUT2D eigenvalue weighted by Gasteiger charge is 2.45. The van der Waals surface area contributed by atoms with E-state index in [0.717, 1.165) is 92.6 Å². The van der Waals surface area contributed by atoms with Crippen LogP contribution in [0.4, 0.5) is 30.2 Å². The molecule has 0 saturated carbocycles. The van der Waals surface area contributed by atoms with E-state index in [0.29, 0.717) is 24.5 Å². The number of likely N-dealkylation sites (tertiary alicyclic amines) is 4. The lowest BCUT2D eigenvalue weighted by molar-refractivity contribution is -0.142. The Kier molecular flexibility index (Phi) is 15.6. The molecule has 4 amide bonds. The second-order valence-corrected chi connectivity index (χ2v) is 19.2. The fourth-order valence-electron chi connectivity index (χ4n) is 10.7. The van der Waals surface area contributed by atoms with Crippen molar-refractivity contribution in [3.8, 4) is 0 Å². The largest absolute Gasteiger partial charge is 0.363 e. The molecule has 2 N–H and O–H groups in total. The van der Waals surface area contributed by atoms with Crippen molar-refractivity contribution in [3.05, 3.63) is 162 Å². The van der Waals surface area contributed by atoms with Gasteiger partial charge in [-0.1, -0.05) is 97.8 Å². The smallest absolute Gasteiger partial charge is 0.247 e. The molecule has 6 atom stereocenters. The predicted molar refractivity (Wildman–Crippen MR) is 266 cm³/mol. The van der Waals surface area contributed by atoms with Crippen molar-refractivity contribution in [1.82, 2.24) is 19.6 Å². The number of amides is 4. The van der Waals surface area contributed by atoms with Gasteiger partial charge >= 0.3 is 0 Å². The summed E-state index contributed by atoms with van der Waals surface area (Å²) in [7, 11) is 0. The maximum Gasteiger partial charge on any atom is 0.247 e. The summed E-state index contributed by atoms with van der Waals surface area (Å²) >= 11 is 0. The Hall–Kier alpha value is -6.51. The summed E-state index contributed by atoms with van der Waals surface area (Å²) in [4.78, 5) is 65.5. The quantitative estimate of drug-likeness (QED) is 0.108. The van der Waals surface area contributed by atoms with Gasteiger partial charge in [-0.3, -0.25) is 29.0 Å². The number of benzene rings is 5. The molecule has 0 radical (unpaired) electrons. The number of halogens is 3. The summed E-state index contributed by atoms with van der Waals surface area (Å²) in [6, 6.07) is 36.8. The molecule has 70 heavy (non-hydrogen) atoms. The number of alkyl halides is 2. The highest BCUT2D eigenvalue weighted by molar-refractivity contribution is 5.99. The molecule has 9 rings (SSSR count). The van der Waals surface area contributed by atoms with Gasteiger partial charge in [-0.25, -0.2) is 13.2 Å². The van der Waals surface area contributed by atoms with E-state index in [-0.39, 0.29) is 43.6 Å². The summed E-state index contributed by atoms with van der Waals surface area (Å²) < 4.78 is 44.4. The van der Waals surface area contributed by atoms with E-state index in [1.54, 1.807) is 36.4 Å². The minimum absolute atomic E-state index is 0.0780.